The van der Waals surface area contributed by atoms with E-state index in [9.17, 15) is 4.79 Å². The molecule has 100 valence electrons. The fourth-order valence-electron chi connectivity index (χ4n) is 1.81. The van der Waals surface area contributed by atoms with Crippen LogP contribution in [-0.4, -0.2) is 27.6 Å². The first kappa shape index (κ1) is 13.2. The molecule has 6 heteroatoms. The Hall–Kier alpha value is -2.24. The molecule has 0 saturated heterocycles. The minimum atomic E-state index is -0.192. The van der Waals surface area contributed by atoms with Gasteiger partial charge in [-0.3, -0.25) is 4.79 Å². The molecule has 0 fully saturated rings. The van der Waals surface area contributed by atoms with Gasteiger partial charge in [0.15, 0.2) is 0 Å². The van der Waals surface area contributed by atoms with Gasteiger partial charge in [-0.15, -0.1) is 0 Å². The molecule has 1 N–H and O–H groups in total. The summed E-state index contributed by atoms with van der Waals surface area (Å²) in [7, 11) is 0. The van der Waals surface area contributed by atoms with E-state index in [1.165, 1.54) is 6.20 Å². The van der Waals surface area contributed by atoms with E-state index in [1.807, 2.05) is 19.9 Å². The lowest BCUT2D eigenvalue weighted by Gasteiger charge is -2.05. The van der Waals surface area contributed by atoms with Gasteiger partial charge in [0, 0.05) is 24.4 Å². The number of aryl methyl sites for hydroxylation is 3. The summed E-state index contributed by atoms with van der Waals surface area (Å²) in [6.45, 7) is 6.04. The average molecular weight is 260 g/mol. The molecule has 2 rings (SSSR count). The summed E-state index contributed by atoms with van der Waals surface area (Å²) < 4.78 is 4.85. The summed E-state index contributed by atoms with van der Waals surface area (Å²) in [6.07, 6.45) is 2.01. The SMILES string of the molecule is Cc1cc(C)nc(CCNC(=O)c2cnoc2C)n1. The molecule has 6 nitrogen and oxygen atoms in total. The molecule has 0 radical (unpaired) electrons. The van der Waals surface area contributed by atoms with Crippen LogP contribution in [0.1, 0.15) is 33.3 Å². The van der Waals surface area contributed by atoms with E-state index in [1.54, 1.807) is 6.92 Å². The van der Waals surface area contributed by atoms with Crippen molar-refractivity contribution in [1.29, 1.82) is 0 Å². The van der Waals surface area contributed by atoms with Gasteiger partial charge in [0.1, 0.15) is 17.1 Å². The van der Waals surface area contributed by atoms with Crippen LogP contribution in [0, 0.1) is 20.8 Å². The van der Waals surface area contributed by atoms with Crippen molar-refractivity contribution < 1.29 is 9.32 Å². The average Bonchev–Trinajstić information content (AvgIpc) is 2.74. The highest BCUT2D eigenvalue weighted by Crippen LogP contribution is 2.05. The van der Waals surface area contributed by atoms with E-state index in [4.69, 9.17) is 4.52 Å². The third-order valence-electron chi connectivity index (χ3n) is 2.66. The Morgan fingerprint density at radius 3 is 2.53 bits per heavy atom. The van der Waals surface area contributed by atoms with Crippen molar-refractivity contribution in [1.82, 2.24) is 20.4 Å². The zero-order valence-electron chi connectivity index (χ0n) is 11.2. The molecule has 0 aliphatic heterocycles. The number of carbonyl (C=O) groups is 1. The van der Waals surface area contributed by atoms with Crippen LogP contribution in [0.2, 0.25) is 0 Å². The molecule has 0 aromatic carbocycles. The number of amides is 1. The number of carbonyl (C=O) groups excluding carboxylic acids is 1. The van der Waals surface area contributed by atoms with Crippen LogP contribution in [-0.2, 0) is 6.42 Å². The van der Waals surface area contributed by atoms with Crippen molar-refractivity contribution in [2.75, 3.05) is 6.54 Å². The van der Waals surface area contributed by atoms with Crippen LogP contribution in [0.5, 0.6) is 0 Å². The van der Waals surface area contributed by atoms with Gasteiger partial charge in [0.05, 0.1) is 6.20 Å². The van der Waals surface area contributed by atoms with Crippen molar-refractivity contribution in [2.24, 2.45) is 0 Å². The lowest BCUT2D eigenvalue weighted by molar-refractivity contribution is 0.0952. The Kier molecular flexibility index (Phi) is 3.89. The second-order valence-corrected chi connectivity index (χ2v) is 4.37. The molecule has 1 amide bonds. The van der Waals surface area contributed by atoms with Crippen molar-refractivity contribution in [3.05, 3.63) is 40.8 Å². The fourth-order valence-corrected chi connectivity index (χ4v) is 1.81. The molecule has 2 aromatic rings. The largest absolute Gasteiger partial charge is 0.361 e. The quantitative estimate of drug-likeness (QED) is 0.897. The van der Waals surface area contributed by atoms with Gasteiger partial charge in [0.25, 0.3) is 5.91 Å². The molecule has 0 bridgehead atoms. The van der Waals surface area contributed by atoms with Crippen LogP contribution < -0.4 is 5.32 Å². The molecule has 0 aliphatic carbocycles. The first-order valence-electron chi connectivity index (χ1n) is 6.07. The maximum absolute atomic E-state index is 11.8. The van der Waals surface area contributed by atoms with E-state index in [0.29, 0.717) is 24.3 Å². The topological polar surface area (TPSA) is 80.9 Å². The second kappa shape index (κ2) is 5.60. The maximum atomic E-state index is 11.8. The minimum Gasteiger partial charge on any atom is -0.361 e. The standard InChI is InChI=1S/C13H16N4O2/c1-8-6-9(2)17-12(16-8)4-5-14-13(18)11-7-15-19-10(11)3/h6-7H,4-5H2,1-3H3,(H,14,18). The number of rotatable bonds is 4. The van der Waals surface area contributed by atoms with E-state index in [-0.39, 0.29) is 5.91 Å². The first-order valence-corrected chi connectivity index (χ1v) is 6.07. The van der Waals surface area contributed by atoms with Crippen LogP contribution in [0.3, 0.4) is 0 Å². The maximum Gasteiger partial charge on any atom is 0.256 e. The molecule has 0 saturated carbocycles. The minimum absolute atomic E-state index is 0.192. The summed E-state index contributed by atoms with van der Waals surface area (Å²) in [5.41, 5.74) is 2.33. The van der Waals surface area contributed by atoms with Crippen LogP contribution in [0.15, 0.2) is 16.8 Å². The van der Waals surface area contributed by atoms with Crippen molar-refractivity contribution in [3.8, 4) is 0 Å². The van der Waals surface area contributed by atoms with Gasteiger partial charge in [-0.2, -0.15) is 0 Å². The summed E-state index contributed by atoms with van der Waals surface area (Å²) in [5.74, 6) is 1.06. The number of nitrogens with one attached hydrogen (secondary N) is 1. The Morgan fingerprint density at radius 2 is 1.95 bits per heavy atom. The van der Waals surface area contributed by atoms with Gasteiger partial charge < -0.3 is 9.84 Å². The Labute approximate surface area is 111 Å². The fraction of sp³-hybridized carbons (Fsp3) is 0.385. The predicted molar refractivity (Wildman–Crippen MR) is 68.8 cm³/mol. The van der Waals surface area contributed by atoms with Gasteiger partial charge >= 0.3 is 0 Å². The Balaban J connectivity index is 1.90. The van der Waals surface area contributed by atoms with Gasteiger partial charge in [-0.25, -0.2) is 9.97 Å². The number of hydrogen-bond donors (Lipinski definition) is 1. The van der Waals surface area contributed by atoms with Crippen LogP contribution in [0.25, 0.3) is 0 Å². The number of nitrogens with zero attached hydrogens (tertiary/aromatic N) is 3. The second-order valence-electron chi connectivity index (χ2n) is 4.37. The Bertz CT molecular complexity index is 572. The smallest absolute Gasteiger partial charge is 0.256 e. The molecule has 0 spiro atoms. The third kappa shape index (κ3) is 3.37. The molecule has 2 aromatic heterocycles. The molecule has 0 unspecified atom stereocenters. The van der Waals surface area contributed by atoms with E-state index >= 15 is 0 Å². The normalized spacial score (nSPS) is 10.5. The molecule has 2 heterocycles. The van der Waals surface area contributed by atoms with E-state index in [0.717, 1.165) is 17.2 Å². The first-order chi connectivity index (χ1) is 9.06. The van der Waals surface area contributed by atoms with Crippen molar-refractivity contribution in [3.63, 3.8) is 0 Å². The molecular formula is C13H16N4O2. The highest BCUT2D eigenvalue weighted by molar-refractivity contribution is 5.94. The molecule has 0 atom stereocenters. The zero-order valence-corrected chi connectivity index (χ0v) is 11.2. The summed E-state index contributed by atoms with van der Waals surface area (Å²) in [6, 6.07) is 1.92. The van der Waals surface area contributed by atoms with Gasteiger partial charge in [0.2, 0.25) is 0 Å². The summed E-state index contributed by atoms with van der Waals surface area (Å²) >= 11 is 0. The van der Waals surface area contributed by atoms with Gasteiger partial charge in [-0.05, 0) is 26.8 Å². The van der Waals surface area contributed by atoms with Gasteiger partial charge in [-0.1, -0.05) is 5.16 Å². The summed E-state index contributed by atoms with van der Waals surface area (Å²) in [5, 5.41) is 6.37. The molecule has 0 aliphatic rings. The number of aromatic nitrogens is 3. The monoisotopic (exact) mass is 260 g/mol. The zero-order chi connectivity index (χ0) is 13.8. The van der Waals surface area contributed by atoms with E-state index < -0.39 is 0 Å². The molecule has 19 heavy (non-hydrogen) atoms. The van der Waals surface area contributed by atoms with Crippen LogP contribution >= 0.6 is 0 Å². The highest BCUT2D eigenvalue weighted by Gasteiger charge is 2.12. The Morgan fingerprint density at radius 1 is 1.26 bits per heavy atom. The lowest BCUT2D eigenvalue weighted by atomic mass is 10.2. The third-order valence-corrected chi connectivity index (χ3v) is 2.66. The number of hydrogen-bond acceptors (Lipinski definition) is 5. The highest BCUT2D eigenvalue weighted by atomic mass is 16.5. The lowest BCUT2D eigenvalue weighted by Crippen LogP contribution is -2.26. The summed E-state index contributed by atoms with van der Waals surface area (Å²) in [4.78, 5) is 20.4. The molecular weight excluding hydrogens is 244 g/mol. The van der Waals surface area contributed by atoms with Crippen molar-refractivity contribution in [2.45, 2.75) is 27.2 Å². The van der Waals surface area contributed by atoms with Crippen molar-refractivity contribution >= 4 is 5.91 Å². The van der Waals surface area contributed by atoms with Crippen LogP contribution in [0.4, 0.5) is 0 Å². The van der Waals surface area contributed by atoms with E-state index in [2.05, 4.69) is 20.4 Å². The predicted octanol–water partition coefficient (Wildman–Crippen LogP) is 1.36.